The zero-order valence-electron chi connectivity index (χ0n) is 11.6. The molecule has 114 valence electrons. The van der Waals surface area contributed by atoms with E-state index in [-0.39, 0.29) is 36.1 Å². The Balaban J connectivity index is 0.00000361. The zero-order valence-corrected chi connectivity index (χ0v) is 13.9. The van der Waals surface area contributed by atoms with Gasteiger partial charge in [0.15, 0.2) is 5.96 Å². The first-order valence-corrected chi connectivity index (χ1v) is 6.13. The van der Waals surface area contributed by atoms with Crippen LogP contribution < -0.4 is 10.6 Å². The molecule has 1 aromatic rings. The zero-order chi connectivity index (χ0) is 14.1. The van der Waals surface area contributed by atoms with Gasteiger partial charge >= 0.3 is 0 Å². The molecular formula is C13H20F2IN3O. The number of nitrogens with one attached hydrogen (secondary N) is 2. The third-order valence-corrected chi connectivity index (χ3v) is 2.42. The van der Waals surface area contributed by atoms with Crippen molar-refractivity contribution in [2.45, 2.75) is 13.5 Å². The number of hydrogen-bond acceptors (Lipinski definition) is 2. The average molecular weight is 399 g/mol. The molecule has 1 rings (SSSR count). The topological polar surface area (TPSA) is 45.6 Å². The third kappa shape index (κ3) is 6.99. The van der Waals surface area contributed by atoms with E-state index in [9.17, 15) is 8.78 Å². The number of guanidine groups is 1. The van der Waals surface area contributed by atoms with Crippen LogP contribution in [0, 0.1) is 11.6 Å². The van der Waals surface area contributed by atoms with E-state index >= 15 is 0 Å². The first-order chi connectivity index (χ1) is 9.17. The Labute approximate surface area is 135 Å². The molecule has 0 amide bonds. The van der Waals surface area contributed by atoms with E-state index in [1.165, 1.54) is 0 Å². The van der Waals surface area contributed by atoms with Crippen molar-refractivity contribution in [2.75, 3.05) is 26.8 Å². The van der Waals surface area contributed by atoms with Crippen molar-refractivity contribution in [3.8, 4) is 0 Å². The van der Waals surface area contributed by atoms with E-state index in [0.29, 0.717) is 25.7 Å². The van der Waals surface area contributed by atoms with Gasteiger partial charge in [0, 0.05) is 32.3 Å². The van der Waals surface area contributed by atoms with Gasteiger partial charge in [-0.1, -0.05) is 0 Å². The fourth-order valence-corrected chi connectivity index (χ4v) is 1.46. The van der Waals surface area contributed by atoms with Gasteiger partial charge in [-0.15, -0.1) is 24.0 Å². The fourth-order valence-electron chi connectivity index (χ4n) is 1.46. The molecule has 0 aliphatic rings. The van der Waals surface area contributed by atoms with E-state index < -0.39 is 11.6 Å². The maximum absolute atomic E-state index is 13.4. The summed E-state index contributed by atoms with van der Waals surface area (Å²) in [6.45, 7) is 3.89. The lowest BCUT2D eigenvalue weighted by Gasteiger charge is -2.12. The molecule has 1 aromatic carbocycles. The lowest BCUT2D eigenvalue weighted by atomic mass is 10.2. The molecule has 20 heavy (non-hydrogen) atoms. The smallest absolute Gasteiger partial charge is 0.191 e. The van der Waals surface area contributed by atoms with Crippen molar-refractivity contribution < 1.29 is 13.5 Å². The van der Waals surface area contributed by atoms with E-state index in [1.54, 1.807) is 7.05 Å². The SMILES string of the molecule is CCOCCNC(=NC)NCc1cc(F)ccc1F.I. The van der Waals surface area contributed by atoms with Crippen LogP contribution >= 0.6 is 24.0 Å². The van der Waals surface area contributed by atoms with Gasteiger partial charge in [0.1, 0.15) is 11.6 Å². The van der Waals surface area contributed by atoms with Gasteiger partial charge in [-0.05, 0) is 25.1 Å². The van der Waals surface area contributed by atoms with Crippen LogP contribution in [0.2, 0.25) is 0 Å². The molecule has 0 saturated carbocycles. The summed E-state index contributed by atoms with van der Waals surface area (Å²) >= 11 is 0. The largest absolute Gasteiger partial charge is 0.380 e. The highest BCUT2D eigenvalue weighted by atomic mass is 127. The third-order valence-electron chi connectivity index (χ3n) is 2.42. The Morgan fingerprint density at radius 1 is 1.30 bits per heavy atom. The van der Waals surface area contributed by atoms with Crippen LogP contribution in [-0.2, 0) is 11.3 Å². The number of benzene rings is 1. The molecule has 0 spiro atoms. The summed E-state index contributed by atoms with van der Waals surface area (Å²) in [7, 11) is 1.61. The van der Waals surface area contributed by atoms with Gasteiger partial charge in [0.05, 0.1) is 6.61 Å². The molecule has 0 aliphatic heterocycles. The number of ether oxygens (including phenoxy) is 1. The fraction of sp³-hybridized carbons (Fsp3) is 0.462. The van der Waals surface area contributed by atoms with Crippen LogP contribution in [0.1, 0.15) is 12.5 Å². The summed E-state index contributed by atoms with van der Waals surface area (Å²) in [5.41, 5.74) is 0.257. The van der Waals surface area contributed by atoms with Crippen LogP contribution in [0.25, 0.3) is 0 Å². The highest BCUT2D eigenvalue weighted by Gasteiger charge is 2.04. The highest BCUT2D eigenvalue weighted by molar-refractivity contribution is 14.0. The summed E-state index contributed by atoms with van der Waals surface area (Å²) in [5.74, 6) is -0.389. The van der Waals surface area contributed by atoms with Crippen LogP contribution in [0.15, 0.2) is 23.2 Å². The molecule has 0 radical (unpaired) electrons. The van der Waals surface area contributed by atoms with Gasteiger partial charge in [0.25, 0.3) is 0 Å². The molecule has 0 fully saturated rings. The maximum atomic E-state index is 13.4. The number of rotatable bonds is 6. The van der Waals surface area contributed by atoms with Crippen molar-refractivity contribution in [2.24, 2.45) is 4.99 Å². The molecule has 0 atom stereocenters. The number of aliphatic imine (C=N–C) groups is 1. The van der Waals surface area contributed by atoms with Gasteiger partial charge in [0.2, 0.25) is 0 Å². The van der Waals surface area contributed by atoms with Crippen molar-refractivity contribution in [1.29, 1.82) is 0 Å². The van der Waals surface area contributed by atoms with Crippen molar-refractivity contribution in [1.82, 2.24) is 10.6 Å². The Bertz CT molecular complexity index is 430. The molecule has 0 heterocycles. The molecule has 0 aliphatic carbocycles. The number of halogens is 3. The average Bonchev–Trinajstić information content (AvgIpc) is 2.41. The van der Waals surface area contributed by atoms with Gasteiger partial charge in [-0.25, -0.2) is 8.78 Å². The maximum Gasteiger partial charge on any atom is 0.191 e. The van der Waals surface area contributed by atoms with E-state index in [0.717, 1.165) is 18.2 Å². The number of hydrogen-bond donors (Lipinski definition) is 2. The Morgan fingerprint density at radius 2 is 2.05 bits per heavy atom. The van der Waals surface area contributed by atoms with E-state index in [4.69, 9.17) is 4.74 Å². The first-order valence-electron chi connectivity index (χ1n) is 6.13. The molecule has 7 heteroatoms. The normalized spacial score (nSPS) is 10.9. The van der Waals surface area contributed by atoms with Crippen molar-refractivity contribution >= 4 is 29.9 Å². The van der Waals surface area contributed by atoms with Crippen LogP contribution in [0.4, 0.5) is 8.78 Å². The first kappa shape index (κ1) is 19.0. The highest BCUT2D eigenvalue weighted by Crippen LogP contribution is 2.08. The Kier molecular flexibility index (Phi) is 10.3. The minimum Gasteiger partial charge on any atom is -0.380 e. The molecule has 0 bridgehead atoms. The second-order valence-electron chi connectivity index (χ2n) is 3.79. The lowest BCUT2D eigenvalue weighted by Crippen LogP contribution is -2.38. The summed E-state index contributed by atoms with van der Waals surface area (Å²) < 4.78 is 31.5. The van der Waals surface area contributed by atoms with E-state index in [1.807, 2.05) is 6.92 Å². The predicted octanol–water partition coefficient (Wildman–Crippen LogP) is 2.28. The molecule has 4 nitrogen and oxygen atoms in total. The molecular weight excluding hydrogens is 379 g/mol. The van der Waals surface area contributed by atoms with Crippen LogP contribution in [0.3, 0.4) is 0 Å². The summed E-state index contributed by atoms with van der Waals surface area (Å²) in [5, 5.41) is 5.91. The summed E-state index contributed by atoms with van der Waals surface area (Å²) in [6.07, 6.45) is 0. The second kappa shape index (κ2) is 10.8. The van der Waals surface area contributed by atoms with Crippen molar-refractivity contribution in [3.63, 3.8) is 0 Å². The Hall–Kier alpha value is -0.960. The minimum atomic E-state index is -0.461. The summed E-state index contributed by atoms with van der Waals surface area (Å²) in [6, 6.07) is 3.36. The Morgan fingerprint density at radius 3 is 2.70 bits per heavy atom. The van der Waals surface area contributed by atoms with Crippen LogP contribution in [0.5, 0.6) is 0 Å². The quantitative estimate of drug-likeness (QED) is 0.334. The molecule has 0 unspecified atom stereocenters. The van der Waals surface area contributed by atoms with Crippen LogP contribution in [-0.4, -0.2) is 32.8 Å². The minimum absolute atomic E-state index is 0. The lowest BCUT2D eigenvalue weighted by molar-refractivity contribution is 0.152. The van der Waals surface area contributed by atoms with E-state index in [2.05, 4.69) is 15.6 Å². The monoisotopic (exact) mass is 399 g/mol. The predicted molar refractivity (Wildman–Crippen MR) is 86.5 cm³/mol. The second-order valence-corrected chi connectivity index (χ2v) is 3.79. The molecule has 2 N–H and O–H groups in total. The summed E-state index contributed by atoms with van der Waals surface area (Å²) in [4.78, 5) is 3.98. The van der Waals surface area contributed by atoms with Gasteiger partial charge < -0.3 is 15.4 Å². The number of nitrogens with zero attached hydrogens (tertiary/aromatic N) is 1. The van der Waals surface area contributed by atoms with Crippen molar-refractivity contribution in [3.05, 3.63) is 35.4 Å². The molecule has 0 saturated heterocycles. The van der Waals surface area contributed by atoms with Gasteiger partial charge in [-0.2, -0.15) is 0 Å². The van der Waals surface area contributed by atoms with Gasteiger partial charge in [-0.3, -0.25) is 4.99 Å². The standard InChI is InChI=1S/C13H19F2N3O.HI/c1-3-19-7-6-17-13(16-2)18-9-10-8-11(14)4-5-12(10)15;/h4-5,8H,3,6-7,9H2,1-2H3,(H2,16,17,18);1H. The molecule has 0 aromatic heterocycles.